The molecule has 0 N–H and O–H groups in total. The topological polar surface area (TPSA) is 46.6 Å². The van der Waals surface area contributed by atoms with E-state index in [0.29, 0.717) is 12.5 Å². The molecule has 5 heteroatoms. The van der Waals surface area contributed by atoms with Crippen LogP contribution >= 0.6 is 0 Å². The number of ether oxygens (including phenoxy) is 1. The van der Waals surface area contributed by atoms with Crippen LogP contribution in [0.1, 0.15) is 38.3 Å². The standard InChI is InChI=1S/C32H35NO3Se/c1-31(2,3)33(29(34)28(30(35)36-4)37-27-20-12-7-13-21-27)22-14-19-26-23-32(26,24-15-8-5-9-16-24)25-17-10-6-11-18-25/h5-21,26,28H,22-23H2,1-4H3/b19-14+. The molecule has 4 nitrogen and oxygen atoms in total. The summed E-state index contributed by atoms with van der Waals surface area (Å²) in [5.74, 6) is -0.304. The molecule has 1 aliphatic carbocycles. The monoisotopic (exact) mass is 561 g/mol. The minimum atomic E-state index is -0.818. The second-order valence-corrected chi connectivity index (χ2v) is 12.9. The van der Waals surface area contributed by atoms with Gasteiger partial charge in [0.25, 0.3) is 0 Å². The molecule has 3 aromatic carbocycles. The van der Waals surface area contributed by atoms with Crippen LogP contribution in [0.15, 0.2) is 103 Å². The molecule has 0 spiro atoms. The average Bonchev–Trinajstić information content (AvgIpc) is 3.65. The molecule has 0 radical (unpaired) electrons. The van der Waals surface area contributed by atoms with E-state index in [2.05, 4.69) is 72.8 Å². The van der Waals surface area contributed by atoms with Gasteiger partial charge in [-0.1, -0.05) is 0 Å². The summed E-state index contributed by atoms with van der Waals surface area (Å²) in [5.41, 5.74) is 2.15. The molecule has 37 heavy (non-hydrogen) atoms. The molecule has 192 valence electrons. The molecule has 0 aliphatic heterocycles. The number of nitrogens with zero attached hydrogens (tertiary/aromatic N) is 1. The molecule has 0 bridgehead atoms. The maximum atomic E-state index is 13.8. The van der Waals surface area contributed by atoms with Crippen molar-refractivity contribution in [1.29, 1.82) is 0 Å². The van der Waals surface area contributed by atoms with Crippen molar-refractivity contribution < 1.29 is 14.3 Å². The van der Waals surface area contributed by atoms with Crippen molar-refractivity contribution in [2.75, 3.05) is 13.7 Å². The first-order chi connectivity index (χ1) is 17.8. The number of methoxy groups -OCH3 is 1. The Kier molecular flexibility index (Phi) is 8.36. The van der Waals surface area contributed by atoms with Gasteiger partial charge in [-0.15, -0.1) is 0 Å². The second kappa shape index (κ2) is 11.5. The maximum absolute atomic E-state index is 13.8. The first kappa shape index (κ1) is 26.9. The van der Waals surface area contributed by atoms with Gasteiger partial charge in [-0.3, -0.25) is 0 Å². The fourth-order valence-corrected chi connectivity index (χ4v) is 7.04. The van der Waals surface area contributed by atoms with Crippen molar-refractivity contribution in [3.8, 4) is 0 Å². The first-order valence-corrected chi connectivity index (χ1v) is 14.5. The molecule has 1 fully saturated rings. The van der Waals surface area contributed by atoms with E-state index in [1.807, 2.05) is 56.0 Å². The zero-order chi connectivity index (χ0) is 26.5. The number of esters is 1. The number of rotatable bonds is 9. The number of benzene rings is 3. The third-order valence-electron chi connectivity index (χ3n) is 6.96. The van der Waals surface area contributed by atoms with Gasteiger partial charge < -0.3 is 0 Å². The van der Waals surface area contributed by atoms with Crippen LogP contribution in [0.2, 0.25) is 4.82 Å². The third-order valence-corrected chi connectivity index (χ3v) is 9.42. The number of hydrogen-bond donors (Lipinski definition) is 0. The zero-order valence-electron chi connectivity index (χ0n) is 22.0. The van der Waals surface area contributed by atoms with Gasteiger partial charge in [-0.05, 0) is 0 Å². The predicted octanol–water partition coefficient (Wildman–Crippen LogP) is 5.17. The summed E-state index contributed by atoms with van der Waals surface area (Å²) in [4.78, 5) is 27.5. The van der Waals surface area contributed by atoms with Gasteiger partial charge in [0.1, 0.15) is 0 Å². The summed E-state index contributed by atoms with van der Waals surface area (Å²) < 4.78 is 6.05. The van der Waals surface area contributed by atoms with Gasteiger partial charge in [0.2, 0.25) is 0 Å². The molecule has 2 unspecified atom stereocenters. The number of allylic oxidation sites excluding steroid dienone is 1. The number of carbonyl (C=O) groups is 2. The second-order valence-electron chi connectivity index (χ2n) is 10.4. The van der Waals surface area contributed by atoms with Crippen molar-refractivity contribution >= 4 is 31.3 Å². The average molecular weight is 561 g/mol. The van der Waals surface area contributed by atoms with Crippen LogP contribution in [-0.2, 0) is 19.7 Å². The summed E-state index contributed by atoms with van der Waals surface area (Å²) in [6, 6.07) is 31.0. The normalized spacial score (nSPS) is 17.2. The van der Waals surface area contributed by atoms with E-state index in [0.717, 1.165) is 10.9 Å². The fourth-order valence-electron chi connectivity index (χ4n) is 4.93. The summed E-state index contributed by atoms with van der Waals surface area (Å²) in [5, 5.41) is 0. The van der Waals surface area contributed by atoms with Crippen molar-refractivity contribution in [2.45, 2.75) is 43.0 Å². The van der Waals surface area contributed by atoms with E-state index in [-0.39, 0.29) is 26.3 Å². The number of hydrogen-bond acceptors (Lipinski definition) is 3. The Balaban J connectivity index is 1.55. The summed E-state index contributed by atoms with van der Waals surface area (Å²) >= 11 is -0.370. The molecule has 0 aromatic heterocycles. The molecule has 1 aliphatic rings. The number of carbonyl (C=O) groups excluding carboxylic acids is 2. The Morgan fingerprint density at radius 3 is 1.95 bits per heavy atom. The summed E-state index contributed by atoms with van der Waals surface area (Å²) in [6.45, 7) is 6.48. The first-order valence-electron chi connectivity index (χ1n) is 12.7. The summed E-state index contributed by atoms with van der Waals surface area (Å²) in [7, 11) is 1.35. The quantitative estimate of drug-likeness (QED) is 0.157. The van der Waals surface area contributed by atoms with Crippen LogP contribution < -0.4 is 4.46 Å². The van der Waals surface area contributed by atoms with Crippen LogP contribution in [-0.4, -0.2) is 50.9 Å². The van der Waals surface area contributed by atoms with Crippen molar-refractivity contribution in [1.82, 2.24) is 4.90 Å². The molecule has 1 saturated carbocycles. The van der Waals surface area contributed by atoms with Crippen LogP contribution in [0.25, 0.3) is 0 Å². The van der Waals surface area contributed by atoms with Crippen LogP contribution in [0.3, 0.4) is 0 Å². The Labute approximate surface area is 226 Å². The van der Waals surface area contributed by atoms with Gasteiger partial charge in [-0.25, -0.2) is 0 Å². The third kappa shape index (κ3) is 6.06. The summed E-state index contributed by atoms with van der Waals surface area (Å²) in [6.07, 6.45) is 5.38. The Morgan fingerprint density at radius 2 is 1.46 bits per heavy atom. The van der Waals surface area contributed by atoms with Gasteiger partial charge >= 0.3 is 227 Å². The van der Waals surface area contributed by atoms with E-state index in [1.54, 1.807) is 0 Å². The molecular weight excluding hydrogens is 525 g/mol. The van der Waals surface area contributed by atoms with Gasteiger partial charge in [0, 0.05) is 0 Å². The minimum absolute atomic E-state index is 0.0411. The Hall–Kier alpha value is -3.14. The fraction of sp³-hybridized carbons (Fsp3) is 0.312. The molecule has 0 saturated heterocycles. The molecular formula is C32H35NO3Se. The van der Waals surface area contributed by atoms with Crippen LogP contribution in [0.5, 0.6) is 0 Å². The van der Waals surface area contributed by atoms with Gasteiger partial charge in [0.05, 0.1) is 0 Å². The van der Waals surface area contributed by atoms with E-state index in [1.165, 1.54) is 18.2 Å². The Morgan fingerprint density at radius 1 is 0.946 bits per heavy atom. The Bertz CT molecular complexity index is 1180. The molecule has 4 rings (SSSR count). The van der Waals surface area contributed by atoms with E-state index in [9.17, 15) is 9.59 Å². The molecule has 1 amide bonds. The van der Waals surface area contributed by atoms with Crippen molar-refractivity contribution in [3.63, 3.8) is 0 Å². The number of amides is 1. The SMILES string of the molecule is COC(=O)C([Se]c1ccccc1)C(=O)N(C/C=C/C1CC1(c1ccccc1)c1ccccc1)C(C)(C)C. The molecule has 2 atom stereocenters. The van der Waals surface area contributed by atoms with E-state index in [4.69, 9.17) is 4.74 Å². The van der Waals surface area contributed by atoms with Crippen molar-refractivity contribution in [2.24, 2.45) is 5.92 Å². The van der Waals surface area contributed by atoms with Gasteiger partial charge in [-0.2, -0.15) is 0 Å². The van der Waals surface area contributed by atoms with Gasteiger partial charge in [0.15, 0.2) is 0 Å². The molecule has 3 aromatic rings. The van der Waals surface area contributed by atoms with Crippen molar-refractivity contribution in [3.05, 3.63) is 114 Å². The van der Waals surface area contributed by atoms with E-state index >= 15 is 0 Å². The van der Waals surface area contributed by atoms with Crippen LogP contribution in [0, 0.1) is 5.92 Å². The van der Waals surface area contributed by atoms with Crippen LogP contribution in [0.4, 0.5) is 0 Å². The predicted molar refractivity (Wildman–Crippen MR) is 150 cm³/mol. The molecule has 0 heterocycles. The van der Waals surface area contributed by atoms with E-state index < -0.39 is 16.3 Å². The zero-order valence-corrected chi connectivity index (χ0v) is 23.7.